The summed E-state index contributed by atoms with van der Waals surface area (Å²) in [5, 5.41) is 0.159. The maximum absolute atomic E-state index is 13.2. The Morgan fingerprint density at radius 1 is 1.14 bits per heavy atom. The zero-order valence-electron chi connectivity index (χ0n) is 16.6. The van der Waals surface area contributed by atoms with Gasteiger partial charge in [0.15, 0.2) is 0 Å². The van der Waals surface area contributed by atoms with E-state index >= 15 is 0 Å². The number of sulfonamides is 1. The minimum atomic E-state index is -3.71. The molecule has 2 rings (SSSR count). The van der Waals surface area contributed by atoms with E-state index < -0.39 is 21.7 Å². The molecule has 9 heteroatoms. The first kappa shape index (κ1) is 23.1. The maximum Gasteiger partial charge on any atom is 0.255 e. The van der Waals surface area contributed by atoms with E-state index in [2.05, 4.69) is 0 Å². The average Bonchev–Trinajstić information content (AvgIpc) is 2.68. The second-order valence-electron chi connectivity index (χ2n) is 6.26. The van der Waals surface area contributed by atoms with Crippen molar-refractivity contribution in [1.29, 1.82) is 0 Å². The number of amides is 1. The highest BCUT2D eigenvalue weighted by Gasteiger charge is 2.24. The molecule has 0 spiro atoms. The van der Waals surface area contributed by atoms with Crippen molar-refractivity contribution >= 4 is 27.5 Å². The Morgan fingerprint density at radius 2 is 1.83 bits per heavy atom. The van der Waals surface area contributed by atoms with Gasteiger partial charge in [-0.2, -0.15) is 4.31 Å². The molecule has 0 bridgehead atoms. The van der Waals surface area contributed by atoms with E-state index in [1.165, 1.54) is 45.6 Å². The highest BCUT2D eigenvalue weighted by molar-refractivity contribution is 7.89. The summed E-state index contributed by atoms with van der Waals surface area (Å²) in [5.74, 6) is -0.490. The number of hydrogen-bond acceptors (Lipinski definition) is 4. The van der Waals surface area contributed by atoms with Gasteiger partial charge in [-0.25, -0.2) is 12.8 Å². The molecule has 0 N–H and O–H groups in total. The van der Waals surface area contributed by atoms with Crippen LogP contribution in [0.5, 0.6) is 5.75 Å². The Kier molecular flexibility index (Phi) is 8.01. The van der Waals surface area contributed by atoms with E-state index in [0.717, 1.165) is 0 Å². The Labute approximate surface area is 175 Å². The largest absolute Gasteiger partial charge is 0.492 e. The molecular weight excluding hydrogens is 419 g/mol. The van der Waals surface area contributed by atoms with Crippen molar-refractivity contribution in [3.63, 3.8) is 0 Å². The van der Waals surface area contributed by atoms with Crippen LogP contribution in [0.2, 0.25) is 5.02 Å². The lowest BCUT2D eigenvalue weighted by molar-refractivity contribution is 0.0773. The first-order valence-corrected chi connectivity index (χ1v) is 11.0. The summed E-state index contributed by atoms with van der Waals surface area (Å²) >= 11 is 6.15. The number of ether oxygens (including phenoxy) is 1. The summed E-state index contributed by atoms with van der Waals surface area (Å²) in [5.41, 5.74) is 0.0909. The van der Waals surface area contributed by atoms with Crippen LogP contribution in [0.25, 0.3) is 0 Å². The van der Waals surface area contributed by atoms with Gasteiger partial charge in [0, 0.05) is 26.2 Å². The molecule has 0 radical (unpaired) electrons. The minimum Gasteiger partial charge on any atom is -0.492 e. The van der Waals surface area contributed by atoms with E-state index in [9.17, 15) is 17.6 Å². The summed E-state index contributed by atoms with van der Waals surface area (Å²) in [6.07, 6.45) is 0. The fourth-order valence-electron chi connectivity index (χ4n) is 2.71. The topological polar surface area (TPSA) is 66.9 Å². The third kappa shape index (κ3) is 5.68. The molecule has 6 nitrogen and oxygen atoms in total. The summed E-state index contributed by atoms with van der Waals surface area (Å²) in [6.45, 7) is 4.48. The predicted octanol–water partition coefficient (Wildman–Crippen LogP) is 3.66. The van der Waals surface area contributed by atoms with E-state index in [1.54, 1.807) is 27.0 Å². The Bertz CT molecular complexity index is 965. The van der Waals surface area contributed by atoms with Gasteiger partial charge in [0.2, 0.25) is 10.0 Å². The second-order valence-corrected chi connectivity index (χ2v) is 8.61. The highest BCUT2D eigenvalue weighted by atomic mass is 35.5. The molecule has 2 aromatic carbocycles. The molecule has 0 saturated carbocycles. The molecule has 0 atom stereocenters. The molecular formula is C20H24ClFN2O4S. The molecule has 0 heterocycles. The lowest BCUT2D eigenvalue weighted by atomic mass is 10.2. The van der Waals surface area contributed by atoms with Gasteiger partial charge in [-0.3, -0.25) is 4.79 Å². The average molecular weight is 443 g/mol. The monoisotopic (exact) mass is 442 g/mol. The fourth-order valence-corrected chi connectivity index (χ4v) is 4.39. The van der Waals surface area contributed by atoms with E-state index in [-0.39, 0.29) is 28.6 Å². The number of rotatable bonds is 9. The van der Waals surface area contributed by atoms with Crippen molar-refractivity contribution in [3.05, 3.63) is 58.9 Å². The van der Waals surface area contributed by atoms with Crippen LogP contribution < -0.4 is 4.74 Å². The summed E-state index contributed by atoms with van der Waals surface area (Å²) < 4.78 is 45.4. The molecule has 158 valence electrons. The quantitative estimate of drug-likeness (QED) is 0.594. The van der Waals surface area contributed by atoms with Crippen LogP contribution in [-0.4, -0.2) is 56.8 Å². The van der Waals surface area contributed by atoms with Gasteiger partial charge >= 0.3 is 0 Å². The number of likely N-dealkylation sites (N-methyl/N-ethyl adjacent to an activating group) is 1. The molecule has 0 aliphatic carbocycles. The number of benzene rings is 2. The summed E-state index contributed by atoms with van der Waals surface area (Å²) in [4.78, 5) is 14.1. The molecule has 0 aliphatic heterocycles. The number of nitrogens with zero attached hydrogens (tertiary/aromatic N) is 2. The lowest BCUT2D eigenvalue weighted by Gasteiger charge is -2.21. The molecule has 0 unspecified atom stereocenters. The number of carbonyl (C=O) groups excluding carboxylic acids is 1. The second kappa shape index (κ2) is 10.0. The van der Waals surface area contributed by atoms with Crippen molar-refractivity contribution in [3.8, 4) is 5.75 Å². The zero-order chi connectivity index (χ0) is 21.6. The van der Waals surface area contributed by atoms with Crippen LogP contribution in [0.1, 0.15) is 24.2 Å². The standard InChI is InChI=1S/C20H24ClFN2O4S/c1-4-24(5-2)29(26,27)17-9-10-19(21)18(14-17)20(25)23(3)11-12-28-16-8-6-7-15(22)13-16/h6-10,13-14H,4-5,11-12H2,1-3H3. The van der Waals surface area contributed by atoms with Gasteiger partial charge in [0.25, 0.3) is 5.91 Å². The smallest absolute Gasteiger partial charge is 0.255 e. The molecule has 0 saturated heterocycles. The first-order valence-electron chi connectivity index (χ1n) is 9.14. The molecule has 29 heavy (non-hydrogen) atoms. The van der Waals surface area contributed by atoms with Crippen molar-refractivity contribution < 1.29 is 22.3 Å². The lowest BCUT2D eigenvalue weighted by Crippen LogP contribution is -2.32. The van der Waals surface area contributed by atoms with Crippen LogP contribution in [0, 0.1) is 5.82 Å². The molecule has 0 aromatic heterocycles. The van der Waals surface area contributed by atoms with E-state index in [4.69, 9.17) is 16.3 Å². The Morgan fingerprint density at radius 3 is 2.45 bits per heavy atom. The molecule has 0 aliphatic rings. The third-order valence-corrected chi connectivity index (χ3v) is 6.73. The maximum atomic E-state index is 13.2. The predicted molar refractivity (Wildman–Crippen MR) is 110 cm³/mol. The first-order chi connectivity index (χ1) is 13.7. The summed E-state index contributed by atoms with van der Waals surface area (Å²) in [6, 6.07) is 9.79. The van der Waals surface area contributed by atoms with Gasteiger partial charge in [-0.05, 0) is 30.3 Å². The SMILES string of the molecule is CCN(CC)S(=O)(=O)c1ccc(Cl)c(C(=O)N(C)CCOc2cccc(F)c2)c1. The van der Waals surface area contributed by atoms with Crippen molar-refractivity contribution in [2.75, 3.05) is 33.3 Å². The third-order valence-electron chi connectivity index (χ3n) is 4.35. The van der Waals surface area contributed by atoms with Crippen molar-refractivity contribution in [1.82, 2.24) is 9.21 Å². The summed E-state index contributed by atoms with van der Waals surface area (Å²) in [7, 11) is -2.16. The van der Waals surface area contributed by atoms with E-state index in [1.807, 2.05) is 0 Å². The van der Waals surface area contributed by atoms with Crippen LogP contribution >= 0.6 is 11.6 Å². The van der Waals surface area contributed by atoms with Crippen LogP contribution in [0.3, 0.4) is 0 Å². The van der Waals surface area contributed by atoms with Crippen LogP contribution in [0.15, 0.2) is 47.4 Å². The zero-order valence-corrected chi connectivity index (χ0v) is 18.1. The Hall–Kier alpha value is -2.16. The van der Waals surface area contributed by atoms with Gasteiger partial charge in [0.05, 0.1) is 22.0 Å². The molecule has 1 amide bonds. The van der Waals surface area contributed by atoms with Crippen molar-refractivity contribution in [2.45, 2.75) is 18.7 Å². The van der Waals surface area contributed by atoms with Gasteiger partial charge in [0.1, 0.15) is 18.2 Å². The van der Waals surface area contributed by atoms with Gasteiger partial charge in [-0.15, -0.1) is 0 Å². The van der Waals surface area contributed by atoms with Gasteiger partial charge < -0.3 is 9.64 Å². The Balaban J connectivity index is 2.13. The molecule has 2 aromatic rings. The number of hydrogen-bond donors (Lipinski definition) is 0. The normalized spacial score (nSPS) is 11.5. The molecule has 0 fully saturated rings. The van der Waals surface area contributed by atoms with E-state index in [0.29, 0.717) is 18.8 Å². The number of halogens is 2. The highest BCUT2D eigenvalue weighted by Crippen LogP contribution is 2.24. The van der Waals surface area contributed by atoms with Crippen molar-refractivity contribution in [2.24, 2.45) is 0 Å². The van der Waals surface area contributed by atoms with Crippen LogP contribution in [-0.2, 0) is 10.0 Å². The number of carbonyl (C=O) groups is 1. The minimum absolute atomic E-state index is 0.0124. The van der Waals surface area contributed by atoms with Gasteiger partial charge in [-0.1, -0.05) is 31.5 Å². The fraction of sp³-hybridized carbons (Fsp3) is 0.350. The van der Waals surface area contributed by atoms with Crippen LogP contribution in [0.4, 0.5) is 4.39 Å².